The Bertz CT molecular complexity index is 955. The van der Waals surface area contributed by atoms with Crippen molar-refractivity contribution >= 4 is 32.6 Å². The molecule has 1 heterocycles. The number of thiazole rings is 1. The molecule has 10 heteroatoms. The molecule has 0 saturated carbocycles. The molecule has 1 amide bonds. The second-order valence-corrected chi connectivity index (χ2v) is 5.81. The number of amides is 1. The fraction of sp³-hybridized carbons (Fsp3) is 0.0667. The summed E-state index contributed by atoms with van der Waals surface area (Å²) in [6.45, 7) is 0. The summed E-state index contributed by atoms with van der Waals surface area (Å²) in [6.07, 6.45) is -4.82. The van der Waals surface area contributed by atoms with Gasteiger partial charge in [-0.15, -0.1) is 13.2 Å². The van der Waals surface area contributed by atoms with Gasteiger partial charge in [0, 0.05) is 12.1 Å². The highest BCUT2D eigenvalue weighted by molar-refractivity contribution is 7.22. The first-order chi connectivity index (χ1) is 11.7. The molecule has 0 unspecified atom stereocenters. The van der Waals surface area contributed by atoms with Crippen LogP contribution in [-0.4, -0.2) is 17.3 Å². The van der Waals surface area contributed by atoms with E-state index in [9.17, 15) is 26.7 Å². The van der Waals surface area contributed by atoms with E-state index in [1.54, 1.807) is 0 Å². The number of alkyl halides is 3. The highest BCUT2D eigenvalue weighted by Crippen LogP contribution is 2.31. The van der Waals surface area contributed by atoms with E-state index in [0.29, 0.717) is 16.3 Å². The lowest BCUT2D eigenvalue weighted by molar-refractivity contribution is -0.274. The van der Waals surface area contributed by atoms with E-state index < -0.39 is 29.7 Å². The van der Waals surface area contributed by atoms with Crippen LogP contribution < -0.4 is 10.1 Å². The lowest BCUT2D eigenvalue weighted by Crippen LogP contribution is -2.16. The summed E-state index contributed by atoms with van der Waals surface area (Å²) in [7, 11) is 0. The van der Waals surface area contributed by atoms with Crippen LogP contribution in [0.2, 0.25) is 0 Å². The van der Waals surface area contributed by atoms with Gasteiger partial charge in [-0.25, -0.2) is 13.8 Å². The van der Waals surface area contributed by atoms with Crippen LogP contribution in [0.1, 0.15) is 10.4 Å². The fourth-order valence-corrected chi connectivity index (χ4v) is 2.88. The molecule has 3 aromatic rings. The number of rotatable bonds is 3. The van der Waals surface area contributed by atoms with Gasteiger partial charge in [0.2, 0.25) is 0 Å². The minimum Gasteiger partial charge on any atom is -0.406 e. The number of anilines is 1. The summed E-state index contributed by atoms with van der Waals surface area (Å²) < 4.78 is 67.2. The van der Waals surface area contributed by atoms with E-state index in [0.717, 1.165) is 35.6 Å². The van der Waals surface area contributed by atoms with E-state index in [1.807, 2.05) is 0 Å². The molecule has 4 nitrogen and oxygen atoms in total. The largest absolute Gasteiger partial charge is 0.573 e. The molecule has 0 aliphatic rings. The van der Waals surface area contributed by atoms with Crippen molar-refractivity contribution in [3.63, 3.8) is 0 Å². The first-order valence-corrected chi connectivity index (χ1v) is 7.46. The average Bonchev–Trinajstić information content (AvgIpc) is 2.86. The smallest absolute Gasteiger partial charge is 0.406 e. The summed E-state index contributed by atoms with van der Waals surface area (Å²) in [6, 6.07) is 5.96. The molecular formula is C15H7F5N2O2S. The molecular weight excluding hydrogens is 367 g/mol. The number of nitrogens with one attached hydrogen (secondary N) is 1. The molecule has 0 aliphatic carbocycles. The van der Waals surface area contributed by atoms with Gasteiger partial charge in [-0.2, -0.15) is 0 Å². The van der Waals surface area contributed by atoms with Crippen LogP contribution in [0, 0.1) is 11.6 Å². The zero-order valence-electron chi connectivity index (χ0n) is 12.0. The van der Waals surface area contributed by atoms with Crippen LogP contribution >= 0.6 is 11.3 Å². The maximum Gasteiger partial charge on any atom is 0.573 e. The Balaban J connectivity index is 1.83. The normalized spacial score (nSPS) is 11.6. The number of aromatic nitrogens is 1. The van der Waals surface area contributed by atoms with Crippen LogP contribution in [0.5, 0.6) is 5.75 Å². The highest BCUT2D eigenvalue weighted by atomic mass is 32.1. The number of carbonyl (C=O) groups excluding carboxylic acids is 1. The van der Waals surface area contributed by atoms with Crippen LogP contribution in [0.15, 0.2) is 36.4 Å². The highest BCUT2D eigenvalue weighted by Gasteiger charge is 2.31. The van der Waals surface area contributed by atoms with Gasteiger partial charge in [0.05, 0.1) is 15.8 Å². The SMILES string of the molecule is O=C(Nc1nc2ccc(OC(F)(F)F)cc2s1)c1ccc(F)cc1F. The fourth-order valence-electron chi connectivity index (χ4n) is 1.99. The van der Waals surface area contributed by atoms with Crippen molar-refractivity contribution in [2.75, 3.05) is 5.32 Å². The average molecular weight is 374 g/mol. The Hall–Kier alpha value is -2.75. The molecule has 0 bridgehead atoms. The summed E-state index contributed by atoms with van der Waals surface area (Å²) in [4.78, 5) is 16.0. The van der Waals surface area contributed by atoms with Crippen molar-refractivity contribution < 1.29 is 31.5 Å². The zero-order valence-corrected chi connectivity index (χ0v) is 12.8. The Morgan fingerprint density at radius 1 is 1.12 bits per heavy atom. The third kappa shape index (κ3) is 4.02. The molecule has 1 aromatic heterocycles. The molecule has 0 aliphatic heterocycles. The second kappa shape index (κ2) is 6.28. The van der Waals surface area contributed by atoms with Crippen molar-refractivity contribution in [3.05, 3.63) is 53.6 Å². The number of hydrogen-bond acceptors (Lipinski definition) is 4. The van der Waals surface area contributed by atoms with Gasteiger partial charge >= 0.3 is 6.36 Å². The number of halogens is 5. The molecule has 130 valence electrons. The number of fused-ring (bicyclic) bond motifs is 1. The van der Waals surface area contributed by atoms with Crippen LogP contribution in [-0.2, 0) is 0 Å². The molecule has 2 aromatic carbocycles. The monoisotopic (exact) mass is 374 g/mol. The van der Waals surface area contributed by atoms with Gasteiger partial charge in [0.25, 0.3) is 5.91 Å². The number of carbonyl (C=O) groups is 1. The first kappa shape index (κ1) is 17.1. The van der Waals surface area contributed by atoms with E-state index in [1.165, 1.54) is 6.07 Å². The maximum atomic E-state index is 13.6. The molecule has 1 N–H and O–H groups in total. The van der Waals surface area contributed by atoms with E-state index in [2.05, 4.69) is 15.0 Å². The molecule has 0 spiro atoms. The van der Waals surface area contributed by atoms with Crippen molar-refractivity contribution in [1.29, 1.82) is 0 Å². The first-order valence-electron chi connectivity index (χ1n) is 6.64. The van der Waals surface area contributed by atoms with Crippen molar-refractivity contribution in [2.24, 2.45) is 0 Å². The standard InChI is InChI=1S/C15H7F5N2O2S/c16-7-1-3-9(10(17)5-7)13(23)22-14-21-11-4-2-8(6-12(11)25-14)24-15(18,19)20/h1-6H,(H,21,22,23). The topological polar surface area (TPSA) is 51.2 Å². The third-order valence-corrected chi connectivity index (χ3v) is 3.92. The summed E-state index contributed by atoms with van der Waals surface area (Å²) in [5, 5.41) is 2.37. The summed E-state index contributed by atoms with van der Waals surface area (Å²) in [5.74, 6) is -3.15. The molecule has 0 saturated heterocycles. The van der Waals surface area contributed by atoms with Crippen molar-refractivity contribution in [2.45, 2.75) is 6.36 Å². The predicted octanol–water partition coefficient (Wildman–Crippen LogP) is 4.73. The Kier molecular flexibility index (Phi) is 4.29. The Morgan fingerprint density at radius 3 is 2.56 bits per heavy atom. The minimum absolute atomic E-state index is 0.0490. The van der Waals surface area contributed by atoms with Crippen LogP contribution in [0.3, 0.4) is 0 Å². The van der Waals surface area contributed by atoms with E-state index in [4.69, 9.17) is 0 Å². The second-order valence-electron chi connectivity index (χ2n) is 4.77. The van der Waals surface area contributed by atoms with Gasteiger partial charge in [-0.05, 0) is 24.3 Å². The molecule has 0 fully saturated rings. The maximum absolute atomic E-state index is 13.6. The Morgan fingerprint density at radius 2 is 1.88 bits per heavy atom. The lowest BCUT2D eigenvalue weighted by atomic mass is 10.2. The zero-order chi connectivity index (χ0) is 18.2. The summed E-state index contributed by atoms with van der Waals surface area (Å²) in [5.41, 5.74) is -0.0591. The minimum atomic E-state index is -4.82. The van der Waals surface area contributed by atoms with Gasteiger partial charge in [-0.1, -0.05) is 11.3 Å². The van der Waals surface area contributed by atoms with Crippen molar-refractivity contribution in [1.82, 2.24) is 4.98 Å². The molecule has 0 radical (unpaired) electrons. The number of nitrogens with zero attached hydrogens (tertiary/aromatic N) is 1. The molecule has 3 rings (SSSR count). The molecule has 0 atom stereocenters. The predicted molar refractivity (Wildman–Crippen MR) is 80.6 cm³/mol. The number of hydrogen-bond donors (Lipinski definition) is 1. The third-order valence-electron chi connectivity index (χ3n) is 2.99. The van der Waals surface area contributed by atoms with Gasteiger partial charge in [0.1, 0.15) is 17.4 Å². The van der Waals surface area contributed by atoms with Crippen LogP contribution in [0.4, 0.5) is 27.1 Å². The van der Waals surface area contributed by atoms with Crippen LogP contribution in [0.25, 0.3) is 10.2 Å². The molecule has 25 heavy (non-hydrogen) atoms. The van der Waals surface area contributed by atoms with Gasteiger partial charge in [-0.3, -0.25) is 10.1 Å². The van der Waals surface area contributed by atoms with E-state index in [-0.39, 0.29) is 10.7 Å². The van der Waals surface area contributed by atoms with Crippen molar-refractivity contribution in [3.8, 4) is 5.75 Å². The Labute approximate surface area is 140 Å². The number of ether oxygens (including phenoxy) is 1. The quantitative estimate of drug-likeness (QED) is 0.675. The van der Waals surface area contributed by atoms with Gasteiger partial charge in [0.15, 0.2) is 5.13 Å². The summed E-state index contributed by atoms with van der Waals surface area (Å²) >= 11 is 0.883. The van der Waals surface area contributed by atoms with E-state index >= 15 is 0 Å². The van der Waals surface area contributed by atoms with Gasteiger partial charge < -0.3 is 4.74 Å². The number of benzene rings is 2. The lowest BCUT2D eigenvalue weighted by Gasteiger charge is -2.07.